The lowest BCUT2D eigenvalue weighted by molar-refractivity contribution is -0.113. The Morgan fingerprint density at radius 3 is 2.44 bits per heavy atom. The molecule has 2 aromatic carbocycles. The number of benzene rings is 2. The van der Waals surface area contributed by atoms with E-state index in [2.05, 4.69) is 39.5 Å². The van der Waals surface area contributed by atoms with Crippen molar-refractivity contribution in [3.05, 3.63) is 72.1 Å². The minimum atomic E-state index is -0.121. The number of amides is 2. The van der Waals surface area contributed by atoms with Gasteiger partial charge in [-0.3, -0.25) is 9.59 Å². The van der Waals surface area contributed by atoms with Crippen LogP contribution in [0.3, 0.4) is 0 Å². The molecule has 0 bridgehead atoms. The van der Waals surface area contributed by atoms with Crippen molar-refractivity contribution in [2.24, 2.45) is 7.05 Å². The Balaban J connectivity index is 1.27. The standard InChI is InChI=1S/C25H29N5O3S/c1-28-12-11-26-25(28)34-18-23(31)27-21-7-5-20(6-8-21)24(32)29(2)17-19-3-9-22(10-4-19)30-13-15-33-16-14-30/h3-12H,13-18H2,1-2H3,(H,27,31). The summed E-state index contributed by atoms with van der Waals surface area (Å²) in [4.78, 5) is 33.3. The Morgan fingerprint density at radius 2 is 1.79 bits per heavy atom. The maximum absolute atomic E-state index is 12.9. The zero-order valence-corrected chi connectivity index (χ0v) is 20.3. The van der Waals surface area contributed by atoms with Crippen LogP contribution < -0.4 is 10.2 Å². The number of nitrogens with one attached hydrogen (secondary N) is 1. The fourth-order valence-electron chi connectivity index (χ4n) is 3.71. The van der Waals surface area contributed by atoms with Crippen LogP contribution in [0.5, 0.6) is 0 Å². The summed E-state index contributed by atoms with van der Waals surface area (Å²) in [5, 5.41) is 3.64. The zero-order valence-electron chi connectivity index (χ0n) is 19.4. The summed E-state index contributed by atoms with van der Waals surface area (Å²) in [6.45, 7) is 3.83. The van der Waals surface area contributed by atoms with E-state index in [1.54, 1.807) is 42.4 Å². The van der Waals surface area contributed by atoms with Gasteiger partial charge in [-0.2, -0.15) is 0 Å². The number of aryl methyl sites for hydroxylation is 1. The molecule has 1 N–H and O–H groups in total. The molecular weight excluding hydrogens is 450 g/mol. The Bertz CT molecular complexity index is 1110. The summed E-state index contributed by atoms with van der Waals surface area (Å²) in [6.07, 6.45) is 3.54. The second-order valence-corrected chi connectivity index (χ2v) is 9.10. The number of morpholine rings is 1. The number of thioether (sulfide) groups is 1. The van der Waals surface area contributed by atoms with Crippen LogP contribution in [0.25, 0.3) is 0 Å². The van der Waals surface area contributed by atoms with Crippen LogP contribution in [0, 0.1) is 0 Å². The number of nitrogens with zero attached hydrogens (tertiary/aromatic N) is 4. The summed E-state index contributed by atoms with van der Waals surface area (Å²) >= 11 is 1.37. The highest BCUT2D eigenvalue weighted by atomic mass is 32.2. The van der Waals surface area contributed by atoms with Crippen LogP contribution in [-0.4, -0.2) is 65.4 Å². The minimum absolute atomic E-state index is 0.0690. The lowest BCUT2D eigenvalue weighted by Crippen LogP contribution is -2.36. The lowest BCUT2D eigenvalue weighted by atomic mass is 10.1. The van der Waals surface area contributed by atoms with Gasteiger partial charge in [-0.25, -0.2) is 4.98 Å². The molecule has 0 aliphatic carbocycles. The monoisotopic (exact) mass is 479 g/mol. The van der Waals surface area contributed by atoms with Crippen LogP contribution in [0.4, 0.5) is 11.4 Å². The van der Waals surface area contributed by atoms with E-state index in [0.717, 1.165) is 37.0 Å². The van der Waals surface area contributed by atoms with Crippen molar-refractivity contribution in [2.45, 2.75) is 11.7 Å². The molecule has 0 radical (unpaired) electrons. The topological polar surface area (TPSA) is 79.7 Å². The molecule has 1 aromatic heterocycles. The number of carbonyl (C=O) groups excluding carboxylic acids is 2. The summed E-state index contributed by atoms with van der Waals surface area (Å²) in [6, 6.07) is 15.3. The Hall–Kier alpha value is -3.30. The van der Waals surface area contributed by atoms with Gasteiger partial charge in [0.15, 0.2) is 5.16 Å². The molecular formula is C25H29N5O3S. The van der Waals surface area contributed by atoms with Gasteiger partial charge in [-0.1, -0.05) is 23.9 Å². The Kier molecular flexibility index (Phi) is 7.87. The first-order chi connectivity index (χ1) is 16.5. The molecule has 8 nitrogen and oxygen atoms in total. The van der Waals surface area contributed by atoms with Gasteiger partial charge in [0.2, 0.25) is 5.91 Å². The van der Waals surface area contributed by atoms with E-state index in [0.29, 0.717) is 17.8 Å². The Labute approximate surface area is 203 Å². The molecule has 4 rings (SSSR count). The molecule has 34 heavy (non-hydrogen) atoms. The van der Waals surface area contributed by atoms with E-state index in [1.807, 2.05) is 17.8 Å². The smallest absolute Gasteiger partial charge is 0.253 e. The van der Waals surface area contributed by atoms with Crippen molar-refractivity contribution in [1.82, 2.24) is 14.5 Å². The number of imidazole rings is 1. The number of carbonyl (C=O) groups is 2. The Morgan fingerprint density at radius 1 is 1.09 bits per heavy atom. The van der Waals surface area contributed by atoms with Crippen LogP contribution in [0.1, 0.15) is 15.9 Å². The first kappa shape index (κ1) is 23.8. The number of anilines is 2. The van der Waals surface area contributed by atoms with E-state index in [4.69, 9.17) is 4.74 Å². The van der Waals surface area contributed by atoms with Crippen LogP contribution in [0.2, 0.25) is 0 Å². The third-order valence-corrected chi connectivity index (χ3v) is 6.66. The van der Waals surface area contributed by atoms with Gasteiger partial charge in [0, 0.05) is 63.1 Å². The van der Waals surface area contributed by atoms with Gasteiger partial charge in [-0.15, -0.1) is 0 Å². The van der Waals surface area contributed by atoms with Gasteiger partial charge in [-0.05, 0) is 42.0 Å². The first-order valence-electron chi connectivity index (χ1n) is 11.2. The SMILES string of the molecule is CN(Cc1ccc(N2CCOCC2)cc1)C(=O)c1ccc(NC(=O)CSc2nccn2C)cc1. The number of hydrogen-bond donors (Lipinski definition) is 1. The maximum atomic E-state index is 12.9. The molecule has 1 aliphatic rings. The zero-order chi connectivity index (χ0) is 23.9. The van der Waals surface area contributed by atoms with Gasteiger partial charge < -0.3 is 24.4 Å². The van der Waals surface area contributed by atoms with Gasteiger partial charge in [0.25, 0.3) is 5.91 Å². The van der Waals surface area contributed by atoms with Crippen molar-refractivity contribution >= 4 is 35.0 Å². The third-order valence-electron chi connectivity index (χ3n) is 5.60. The number of rotatable bonds is 8. The molecule has 1 fully saturated rings. The number of aromatic nitrogens is 2. The first-order valence-corrected chi connectivity index (χ1v) is 12.2. The van der Waals surface area contributed by atoms with Crippen molar-refractivity contribution in [1.29, 1.82) is 0 Å². The highest BCUT2D eigenvalue weighted by molar-refractivity contribution is 7.99. The molecule has 0 saturated carbocycles. The van der Waals surface area contributed by atoms with Gasteiger partial charge >= 0.3 is 0 Å². The summed E-state index contributed by atoms with van der Waals surface area (Å²) in [5.41, 5.74) is 3.48. The molecule has 2 heterocycles. The largest absolute Gasteiger partial charge is 0.378 e. The second-order valence-electron chi connectivity index (χ2n) is 8.16. The van der Waals surface area contributed by atoms with Crippen molar-refractivity contribution in [3.8, 4) is 0 Å². The molecule has 1 aliphatic heterocycles. The van der Waals surface area contributed by atoms with Crippen molar-refractivity contribution < 1.29 is 14.3 Å². The molecule has 0 unspecified atom stereocenters. The van der Waals surface area contributed by atoms with E-state index in [-0.39, 0.29) is 17.6 Å². The molecule has 0 spiro atoms. The van der Waals surface area contributed by atoms with Gasteiger partial charge in [0.1, 0.15) is 0 Å². The highest BCUT2D eigenvalue weighted by Crippen LogP contribution is 2.19. The predicted octanol–water partition coefficient (Wildman–Crippen LogP) is 3.26. The van der Waals surface area contributed by atoms with Crippen molar-refractivity contribution in [3.63, 3.8) is 0 Å². The second kappa shape index (κ2) is 11.2. The number of ether oxygens (including phenoxy) is 1. The van der Waals surface area contributed by atoms with E-state index >= 15 is 0 Å². The van der Waals surface area contributed by atoms with E-state index < -0.39 is 0 Å². The average Bonchev–Trinajstić information content (AvgIpc) is 3.28. The van der Waals surface area contributed by atoms with Crippen LogP contribution >= 0.6 is 11.8 Å². The average molecular weight is 480 g/mol. The van der Waals surface area contributed by atoms with Crippen LogP contribution in [-0.2, 0) is 23.1 Å². The molecule has 178 valence electrons. The predicted molar refractivity (Wildman–Crippen MR) is 134 cm³/mol. The molecule has 9 heteroatoms. The highest BCUT2D eigenvalue weighted by Gasteiger charge is 2.14. The summed E-state index contributed by atoms with van der Waals surface area (Å²) in [5.74, 6) is 0.0729. The molecule has 1 saturated heterocycles. The number of hydrogen-bond acceptors (Lipinski definition) is 6. The van der Waals surface area contributed by atoms with E-state index in [9.17, 15) is 9.59 Å². The molecule has 3 aromatic rings. The fraction of sp³-hybridized carbons (Fsp3) is 0.320. The van der Waals surface area contributed by atoms with Crippen molar-refractivity contribution in [2.75, 3.05) is 49.3 Å². The normalized spacial score (nSPS) is 13.5. The molecule has 0 atom stereocenters. The maximum Gasteiger partial charge on any atom is 0.253 e. The van der Waals surface area contributed by atoms with Crippen LogP contribution in [0.15, 0.2) is 66.1 Å². The summed E-state index contributed by atoms with van der Waals surface area (Å²) < 4.78 is 7.28. The molecule has 2 amide bonds. The van der Waals surface area contributed by atoms with Gasteiger partial charge in [0.05, 0.1) is 19.0 Å². The fourth-order valence-corrected chi connectivity index (χ4v) is 4.45. The quantitative estimate of drug-likeness (QED) is 0.500. The lowest BCUT2D eigenvalue weighted by Gasteiger charge is -2.29. The van der Waals surface area contributed by atoms with E-state index in [1.165, 1.54) is 17.4 Å². The minimum Gasteiger partial charge on any atom is -0.378 e. The summed E-state index contributed by atoms with van der Waals surface area (Å²) in [7, 11) is 3.68. The third kappa shape index (κ3) is 6.18.